The SMILES string of the molecule is Cc1cc(N2CCCN(c3cc(C)c(N=Nc4n(C)cc[n+]4C)cc3C)CCC2)c(C)cc1N=Nc1n(C)cc[n+]1C. The van der Waals surface area contributed by atoms with Crippen molar-refractivity contribution in [3.8, 4) is 0 Å². The minimum absolute atomic E-state index is 0.815. The molecule has 4 aromatic rings. The maximum Gasteiger partial charge on any atom is 0.421 e. The zero-order valence-electron chi connectivity index (χ0n) is 26.3. The topological polar surface area (TPSA) is 73.5 Å². The molecule has 3 heterocycles. The van der Waals surface area contributed by atoms with Crippen molar-refractivity contribution >= 4 is 34.6 Å². The second-order valence-electron chi connectivity index (χ2n) is 11.6. The Labute approximate surface area is 249 Å². The Morgan fingerprint density at radius 3 is 1.26 bits per heavy atom. The molecule has 0 spiro atoms. The van der Waals surface area contributed by atoms with E-state index in [0.717, 1.165) is 73.4 Å². The van der Waals surface area contributed by atoms with Crippen LogP contribution in [0.5, 0.6) is 0 Å². The molecule has 42 heavy (non-hydrogen) atoms. The largest absolute Gasteiger partial charge is 0.421 e. The average molecular weight is 569 g/mol. The summed E-state index contributed by atoms with van der Waals surface area (Å²) in [6.07, 6.45) is 10.1. The Morgan fingerprint density at radius 1 is 0.548 bits per heavy atom. The van der Waals surface area contributed by atoms with Gasteiger partial charge in [-0.3, -0.25) is 0 Å². The van der Waals surface area contributed by atoms with Crippen LogP contribution in [0.3, 0.4) is 0 Å². The molecule has 0 unspecified atom stereocenters. The van der Waals surface area contributed by atoms with Gasteiger partial charge in [0, 0.05) is 47.8 Å². The third-order valence-electron chi connectivity index (χ3n) is 8.21. The van der Waals surface area contributed by atoms with Crippen LogP contribution in [-0.2, 0) is 28.2 Å². The van der Waals surface area contributed by atoms with Crippen LogP contribution < -0.4 is 18.9 Å². The normalized spacial score (nSPS) is 14.8. The first kappa shape index (κ1) is 29.2. The summed E-state index contributed by atoms with van der Waals surface area (Å²) in [6, 6.07) is 8.91. The molecule has 10 heteroatoms. The number of benzene rings is 2. The summed E-state index contributed by atoms with van der Waals surface area (Å²) < 4.78 is 7.88. The number of rotatable bonds is 6. The molecule has 1 aliphatic rings. The van der Waals surface area contributed by atoms with E-state index in [-0.39, 0.29) is 0 Å². The highest BCUT2D eigenvalue weighted by Gasteiger charge is 2.19. The molecule has 0 atom stereocenters. The molecular formula is C32H44N10+2. The fourth-order valence-corrected chi connectivity index (χ4v) is 5.72. The first-order valence-corrected chi connectivity index (χ1v) is 14.7. The van der Waals surface area contributed by atoms with E-state index in [4.69, 9.17) is 0 Å². The van der Waals surface area contributed by atoms with Gasteiger partial charge < -0.3 is 9.80 Å². The highest BCUT2D eigenvalue weighted by Crippen LogP contribution is 2.33. The molecule has 2 aromatic heterocycles. The molecule has 1 aliphatic heterocycles. The van der Waals surface area contributed by atoms with Crippen molar-refractivity contribution in [2.24, 2.45) is 48.6 Å². The van der Waals surface area contributed by atoms with Crippen LogP contribution in [0, 0.1) is 27.7 Å². The van der Waals surface area contributed by atoms with E-state index < -0.39 is 0 Å². The lowest BCUT2D eigenvalue weighted by molar-refractivity contribution is -0.657. The number of aromatic nitrogens is 4. The summed E-state index contributed by atoms with van der Waals surface area (Å²) in [5.74, 6) is 1.63. The molecule has 0 N–H and O–H groups in total. The van der Waals surface area contributed by atoms with Crippen LogP contribution in [0.4, 0.5) is 34.6 Å². The fourth-order valence-electron chi connectivity index (χ4n) is 5.72. The Balaban J connectivity index is 1.26. The summed E-state index contributed by atoms with van der Waals surface area (Å²) in [4.78, 5) is 5.09. The van der Waals surface area contributed by atoms with Crippen LogP contribution in [0.1, 0.15) is 35.1 Å². The molecule has 220 valence electrons. The minimum Gasteiger partial charge on any atom is -0.371 e. The Morgan fingerprint density at radius 2 is 0.929 bits per heavy atom. The maximum atomic E-state index is 4.59. The summed E-state index contributed by atoms with van der Waals surface area (Å²) in [5.41, 5.74) is 9.21. The quantitative estimate of drug-likeness (QED) is 0.206. The summed E-state index contributed by atoms with van der Waals surface area (Å²) in [7, 11) is 7.93. The first-order chi connectivity index (χ1) is 20.1. The van der Waals surface area contributed by atoms with E-state index in [9.17, 15) is 0 Å². The van der Waals surface area contributed by atoms with Gasteiger partial charge in [0.15, 0.2) is 0 Å². The van der Waals surface area contributed by atoms with E-state index in [1.54, 1.807) is 0 Å². The number of hydrogen-bond acceptors (Lipinski definition) is 6. The second kappa shape index (κ2) is 12.3. The first-order valence-electron chi connectivity index (χ1n) is 14.7. The number of anilines is 2. The molecule has 10 nitrogen and oxygen atoms in total. The number of azo groups is 2. The van der Waals surface area contributed by atoms with Crippen molar-refractivity contribution < 1.29 is 9.13 Å². The Hall–Kier alpha value is -4.34. The van der Waals surface area contributed by atoms with E-state index in [1.165, 1.54) is 22.5 Å². The predicted molar refractivity (Wildman–Crippen MR) is 167 cm³/mol. The van der Waals surface area contributed by atoms with Gasteiger partial charge in [-0.05, 0) is 87.1 Å². The maximum absolute atomic E-state index is 4.59. The number of aryl methyl sites for hydroxylation is 8. The molecule has 5 rings (SSSR count). The summed E-state index contributed by atoms with van der Waals surface area (Å²) >= 11 is 0. The highest BCUT2D eigenvalue weighted by atomic mass is 15.3. The predicted octanol–water partition coefficient (Wildman–Crippen LogP) is 6.18. The van der Waals surface area contributed by atoms with Crippen LogP contribution in [0.2, 0.25) is 0 Å². The van der Waals surface area contributed by atoms with Crippen molar-refractivity contribution in [2.75, 3.05) is 36.0 Å². The van der Waals surface area contributed by atoms with Gasteiger partial charge in [0.05, 0.1) is 53.0 Å². The van der Waals surface area contributed by atoms with Crippen LogP contribution in [-0.4, -0.2) is 35.3 Å². The van der Waals surface area contributed by atoms with Gasteiger partial charge in [-0.2, -0.15) is 0 Å². The third kappa shape index (κ3) is 6.12. The summed E-state index contributed by atoms with van der Waals surface area (Å²) in [6.45, 7) is 12.7. The number of hydrogen-bond donors (Lipinski definition) is 0. The van der Waals surface area contributed by atoms with Gasteiger partial charge >= 0.3 is 11.9 Å². The zero-order valence-corrected chi connectivity index (χ0v) is 26.3. The second-order valence-corrected chi connectivity index (χ2v) is 11.6. The Bertz CT molecular complexity index is 1470. The van der Waals surface area contributed by atoms with Gasteiger partial charge in [0.2, 0.25) is 0 Å². The molecule has 1 fully saturated rings. The van der Waals surface area contributed by atoms with Crippen molar-refractivity contribution in [3.63, 3.8) is 0 Å². The summed E-state index contributed by atoms with van der Waals surface area (Å²) in [5, 5.41) is 18.2. The van der Waals surface area contributed by atoms with Gasteiger partial charge in [-0.25, -0.2) is 18.3 Å². The van der Waals surface area contributed by atoms with Gasteiger partial charge in [0.25, 0.3) is 0 Å². The lowest BCUT2D eigenvalue weighted by Gasteiger charge is -2.34. The van der Waals surface area contributed by atoms with Crippen LogP contribution in [0.15, 0.2) is 69.5 Å². The number of imidazole rings is 2. The van der Waals surface area contributed by atoms with Crippen LogP contribution >= 0.6 is 0 Å². The smallest absolute Gasteiger partial charge is 0.371 e. The molecule has 0 bridgehead atoms. The monoisotopic (exact) mass is 568 g/mol. The fraction of sp³-hybridized carbons (Fsp3) is 0.438. The minimum atomic E-state index is 0.815. The molecule has 0 saturated carbocycles. The third-order valence-corrected chi connectivity index (χ3v) is 8.21. The standard InChI is InChI=1S/C32H44N10/c1-23-21-29(25(3)19-27(23)33-35-31-37(5)15-16-38(31)6)41-11-9-13-42(14-10-12-41)30-22-24(2)28(20-26(30)4)34-36-32-39(7)17-18-40(32)8/h15-22H,9-14H2,1-8H3/q+2. The van der Waals surface area contributed by atoms with Crippen molar-refractivity contribution in [1.29, 1.82) is 0 Å². The van der Waals surface area contributed by atoms with E-state index in [1.807, 2.05) is 71.2 Å². The highest BCUT2D eigenvalue weighted by molar-refractivity contribution is 5.64. The van der Waals surface area contributed by atoms with E-state index in [2.05, 4.69) is 82.2 Å². The number of nitrogens with zero attached hydrogens (tertiary/aromatic N) is 10. The van der Waals surface area contributed by atoms with E-state index >= 15 is 0 Å². The van der Waals surface area contributed by atoms with Crippen LogP contribution in [0.25, 0.3) is 0 Å². The van der Waals surface area contributed by atoms with Crippen molar-refractivity contribution in [1.82, 2.24) is 9.13 Å². The lowest BCUT2D eigenvalue weighted by atomic mass is 10.0. The van der Waals surface area contributed by atoms with Gasteiger partial charge in [0.1, 0.15) is 11.4 Å². The molecule has 2 aromatic carbocycles. The molecule has 1 saturated heterocycles. The molecule has 0 aliphatic carbocycles. The Kier molecular flexibility index (Phi) is 8.51. The lowest BCUT2D eigenvalue weighted by Crippen LogP contribution is -2.37. The van der Waals surface area contributed by atoms with E-state index in [0.29, 0.717) is 0 Å². The molecule has 0 radical (unpaired) electrons. The molecule has 0 amide bonds. The molecular weight excluding hydrogens is 524 g/mol. The van der Waals surface area contributed by atoms with Crippen molar-refractivity contribution in [3.05, 3.63) is 71.3 Å². The zero-order chi connectivity index (χ0) is 30.0. The van der Waals surface area contributed by atoms with Crippen molar-refractivity contribution in [2.45, 2.75) is 40.5 Å². The van der Waals surface area contributed by atoms with Gasteiger partial charge in [-0.15, -0.1) is 0 Å². The average Bonchev–Trinajstić information content (AvgIpc) is 3.43. The van der Waals surface area contributed by atoms with Gasteiger partial charge in [-0.1, -0.05) is 10.2 Å².